The fraction of sp³-hybridized carbons (Fsp3) is 0.650. The predicted octanol–water partition coefficient (Wildman–Crippen LogP) is 2.45. The van der Waals surface area contributed by atoms with Gasteiger partial charge in [-0.1, -0.05) is 12.8 Å². The van der Waals surface area contributed by atoms with Crippen LogP contribution in [-0.4, -0.2) is 54.4 Å². The van der Waals surface area contributed by atoms with Gasteiger partial charge < -0.3 is 15.1 Å². The third kappa shape index (κ3) is 4.96. The fourth-order valence-electron chi connectivity index (χ4n) is 3.80. The Labute approximate surface area is 156 Å². The Balaban J connectivity index is 1.47. The van der Waals surface area contributed by atoms with Gasteiger partial charge in [0.1, 0.15) is 5.82 Å². The molecule has 3 rings (SSSR count). The molecule has 2 aliphatic rings. The molecule has 1 N–H and O–H groups in total. The van der Waals surface area contributed by atoms with Crippen LogP contribution in [0.4, 0.5) is 5.82 Å². The topological polar surface area (TPSA) is 65.5 Å². The highest BCUT2D eigenvalue weighted by Crippen LogP contribution is 2.18. The van der Waals surface area contributed by atoms with Crippen molar-refractivity contribution in [3.8, 4) is 0 Å². The molecule has 0 aromatic carbocycles. The monoisotopic (exact) mass is 358 g/mol. The van der Waals surface area contributed by atoms with E-state index >= 15 is 0 Å². The van der Waals surface area contributed by atoms with Gasteiger partial charge in [0.05, 0.1) is 5.56 Å². The van der Waals surface area contributed by atoms with Gasteiger partial charge in [0, 0.05) is 45.8 Å². The molecule has 1 aromatic rings. The van der Waals surface area contributed by atoms with Crippen molar-refractivity contribution in [2.24, 2.45) is 5.92 Å². The van der Waals surface area contributed by atoms with E-state index in [-0.39, 0.29) is 11.8 Å². The van der Waals surface area contributed by atoms with Crippen LogP contribution in [0.5, 0.6) is 0 Å². The molecule has 0 spiro atoms. The van der Waals surface area contributed by atoms with Crippen molar-refractivity contribution in [3.05, 3.63) is 23.9 Å². The average molecular weight is 358 g/mol. The van der Waals surface area contributed by atoms with E-state index in [0.29, 0.717) is 18.0 Å². The molecule has 2 fully saturated rings. The molecule has 2 amide bonds. The first-order valence-corrected chi connectivity index (χ1v) is 9.88. The van der Waals surface area contributed by atoms with Gasteiger partial charge in [-0.05, 0) is 43.7 Å². The molecule has 0 radical (unpaired) electrons. The quantitative estimate of drug-likeness (QED) is 0.898. The van der Waals surface area contributed by atoms with Gasteiger partial charge in [-0.15, -0.1) is 0 Å². The Morgan fingerprint density at radius 3 is 2.35 bits per heavy atom. The van der Waals surface area contributed by atoms with Crippen molar-refractivity contribution >= 4 is 17.6 Å². The average Bonchev–Trinajstić information content (AvgIpc) is 2.96. The van der Waals surface area contributed by atoms with Crippen molar-refractivity contribution in [2.45, 2.75) is 45.4 Å². The first-order valence-electron chi connectivity index (χ1n) is 9.88. The molecule has 0 atom stereocenters. The number of nitrogens with one attached hydrogen (secondary N) is 1. The zero-order chi connectivity index (χ0) is 18.4. The van der Waals surface area contributed by atoms with Crippen molar-refractivity contribution in [2.75, 3.05) is 37.6 Å². The number of aromatic nitrogens is 1. The minimum atomic E-state index is -0.0612. The van der Waals surface area contributed by atoms with Gasteiger partial charge >= 0.3 is 0 Å². The molecule has 2 aliphatic heterocycles. The lowest BCUT2D eigenvalue weighted by Gasteiger charge is -2.31. The Morgan fingerprint density at radius 2 is 1.77 bits per heavy atom. The maximum absolute atomic E-state index is 12.4. The summed E-state index contributed by atoms with van der Waals surface area (Å²) in [5.41, 5.74) is 0.616. The van der Waals surface area contributed by atoms with Gasteiger partial charge in [-0.25, -0.2) is 4.98 Å². The van der Waals surface area contributed by atoms with E-state index in [2.05, 4.69) is 15.2 Å². The number of likely N-dealkylation sites (tertiary alicyclic amines) is 1. The summed E-state index contributed by atoms with van der Waals surface area (Å²) in [6.07, 6.45) is 8.61. The molecule has 26 heavy (non-hydrogen) atoms. The van der Waals surface area contributed by atoms with E-state index in [0.717, 1.165) is 44.8 Å². The zero-order valence-corrected chi connectivity index (χ0v) is 15.7. The second kappa shape index (κ2) is 9.01. The summed E-state index contributed by atoms with van der Waals surface area (Å²) in [5, 5.41) is 3.03. The molecule has 0 unspecified atom stereocenters. The van der Waals surface area contributed by atoms with E-state index in [9.17, 15) is 9.59 Å². The summed E-state index contributed by atoms with van der Waals surface area (Å²) in [6.45, 7) is 5.97. The highest BCUT2D eigenvalue weighted by atomic mass is 16.2. The molecule has 3 heterocycles. The van der Waals surface area contributed by atoms with E-state index in [1.165, 1.54) is 25.7 Å². The number of anilines is 1. The SMILES string of the molecule is CC(=O)N1CCC(CNC(=O)c2ccc(N3CCCCCC3)nc2)CC1. The summed E-state index contributed by atoms with van der Waals surface area (Å²) < 4.78 is 0. The fourth-order valence-corrected chi connectivity index (χ4v) is 3.80. The smallest absolute Gasteiger partial charge is 0.252 e. The van der Waals surface area contributed by atoms with E-state index in [4.69, 9.17) is 0 Å². The van der Waals surface area contributed by atoms with Crippen LogP contribution < -0.4 is 10.2 Å². The third-order valence-electron chi connectivity index (χ3n) is 5.55. The molecular formula is C20H30N4O2. The Kier molecular flexibility index (Phi) is 6.47. The minimum Gasteiger partial charge on any atom is -0.357 e. The number of nitrogens with zero attached hydrogens (tertiary/aromatic N) is 3. The first-order chi connectivity index (χ1) is 12.6. The number of pyridine rings is 1. The lowest BCUT2D eigenvalue weighted by Crippen LogP contribution is -2.40. The highest BCUT2D eigenvalue weighted by molar-refractivity contribution is 5.94. The van der Waals surface area contributed by atoms with Crippen LogP contribution in [0.3, 0.4) is 0 Å². The zero-order valence-electron chi connectivity index (χ0n) is 15.7. The number of amides is 2. The lowest BCUT2D eigenvalue weighted by molar-refractivity contribution is -0.130. The largest absolute Gasteiger partial charge is 0.357 e. The Bertz CT molecular complexity index is 601. The number of rotatable bonds is 4. The molecule has 1 aromatic heterocycles. The molecular weight excluding hydrogens is 328 g/mol. The van der Waals surface area contributed by atoms with Crippen LogP contribution in [0, 0.1) is 5.92 Å². The maximum Gasteiger partial charge on any atom is 0.252 e. The van der Waals surface area contributed by atoms with Gasteiger partial charge in [-0.3, -0.25) is 9.59 Å². The van der Waals surface area contributed by atoms with E-state index in [1.807, 2.05) is 17.0 Å². The van der Waals surface area contributed by atoms with Gasteiger partial charge in [0.15, 0.2) is 0 Å². The minimum absolute atomic E-state index is 0.0612. The predicted molar refractivity (Wildman–Crippen MR) is 102 cm³/mol. The number of hydrogen-bond donors (Lipinski definition) is 1. The number of carbonyl (C=O) groups excluding carboxylic acids is 2. The second-order valence-corrected chi connectivity index (χ2v) is 7.47. The molecule has 6 heteroatoms. The second-order valence-electron chi connectivity index (χ2n) is 7.47. The van der Waals surface area contributed by atoms with Crippen LogP contribution in [-0.2, 0) is 4.79 Å². The summed E-state index contributed by atoms with van der Waals surface area (Å²) in [4.78, 5) is 32.4. The van der Waals surface area contributed by atoms with Crippen molar-refractivity contribution in [1.29, 1.82) is 0 Å². The summed E-state index contributed by atoms with van der Waals surface area (Å²) in [6, 6.07) is 3.84. The molecule has 0 bridgehead atoms. The first kappa shape index (κ1) is 18.7. The number of hydrogen-bond acceptors (Lipinski definition) is 4. The van der Waals surface area contributed by atoms with E-state index < -0.39 is 0 Å². The molecule has 0 aliphatic carbocycles. The number of carbonyl (C=O) groups is 2. The third-order valence-corrected chi connectivity index (χ3v) is 5.55. The Hall–Kier alpha value is -2.11. The summed E-state index contributed by atoms with van der Waals surface area (Å²) in [5.74, 6) is 1.50. The van der Waals surface area contributed by atoms with Crippen LogP contribution >= 0.6 is 0 Å². The highest BCUT2D eigenvalue weighted by Gasteiger charge is 2.21. The number of piperidine rings is 1. The summed E-state index contributed by atoms with van der Waals surface area (Å²) in [7, 11) is 0. The van der Waals surface area contributed by atoms with Gasteiger partial charge in [0.25, 0.3) is 5.91 Å². The van der Waals surface area contributed by atoms with Crippen LogP contribution in [0.15, 0.2) is 18.3 Å². The summed E-state index contributed by atoms with van der Waals surface area (Å²) >= 11 is 0. The van der Waals surface area contributed by atoms with E-state index in [1.54, 1.807) is 13.1 Å². The lowest BCUT2D eigenvalue weighted by atomic mass is 9.96. The van der Waals surface area contributed by atoms with Crippen LogP contribution in [0.1, 0.15) is 55.8 Å². The van der Waals surface area contributed by atoms with Crippen LogP contribution in [0.25, 0.3) is 0 Å². The van der Waals surface area contributed by atoms with Gasteiger partial charge in [-0.2, -0.15) is 0 Å². The molecule has 142 valence electrons. The van der Waals surface area contributed by atoms with Gasteiger partial charge in [0.2, 0.25) is 5.91 Å². The van der Waals surface area contributed by atoms with Crippen molar-refractivity contribution in [1.82, 2.24) is 15.2 Å². The van der Waals surface area contributed by atoms with Crippen molar-refractivity contribution in [3.63, 3.8) is 0 Å². The van der Waals surface area contributed by atoms with Crippen molar-refractivity contribution < 1.29 is 9.59 Å². The Morgan fingerprint density at radius 1 is 1.08 bits per heavy atom. The molecule has 2 saturated heterocycles. The normalized spacial score (nSPS) is 19.1. The molecule has 6 nitrogen and oxygen atoms in total. The maximum atomic E-state index is 12.4. The standard InChI is InChI=1S/C20H30N4O2/c1-16(25)23-12-8-17(9-13-23)14-22-20(26)18-6-7-19(21-15-18)24-10-4-2-3-5-11-24/h6-7,15,17H,2-5,8-14H2,1H3,(H,22,26). The van der Waals surface area contributed by atoms with Crippen LogP contribution in [0.2, 0.25) is 0 Å². The molecule has 0 saturated carbocycles.